The summed E-state index contributed by atoms with van der Waals surface area (Å²) < 4.78 is 5.17. The van der Waals surface area contributed by atoms with E-state index in [1.165, 1.54) is 0 Å². The number of cyclic esters (lactones) is 1. The number of carbonyl (C=O) groups is 2. The Kier molecular flexibility index (Phi) is 2.30. The van der Waals surface area contributed by atoms with Crippen LogP contribution >= 0.6 is 0 Å². The highest BCUT2D eigenvalue weighted by Gasteiger charge is 2.56. The normalized spacial score (nSPS) is 38.3. The molecule has 3 rings (SSSR count). The Morgan fingerprint density at radius 2 is 1.89 bits per heavy atom. The van der Waals surface area contributed by atoms with E-state index < -0.39 is 0 Å². The molecule has 0 spiro atoms. The summed E-state index contributed by atoms with van der Waals surface area (Å²) in [5.41, 5.74) is 1.66. The SMILES string of the molecule is CC1(C)CCC[C@]2(C)C3=C(CC(=O)[C@H]12)C(=O)OC3. The number of hydrogen-bond donors (Lipinski definition) is 0. The van der Waals surface area contributed by atoms with E-state index in [-0.39, 0.29) is 34.9 Å². The van der Waals surface area contributed by atoms with Crippen LogP contribution in [0.15, 0.2) is 11.1 Å². The molecule has 1 fully saturated rings. The van der Waals surface area contributed by atoms with E-state index >= 15 is 0 Å². The fraction of sp³-hybridized carbons (Fsp3) is 0.733. The van der Waals surface area contributed by atoms with Crippen molar-refractivity contribution in [3.05, 3.63) is 11.1 Å². The first-order chi connectivity index (χ1) is 8.36. The molecular formula is C15H20O3. The molecule has 2 aliphatic carbocycles. The zero-order chi connectivity index (χ0) is 13.1. The molecule has 0 aromatic heterocycles. The fourth-order valence-electron chi connectivity index (χ4n) is 4.58. The molecule has 1 aliphatic heterocycles. The number of ketones is 1. The Morgan fingerprint density at radius 3 is 2.61 bits per heavy atom. The lowest BCUT2D eigenvalue weighted by Crippen LogP contribution is -2.50. The predicted octanol–water partition coefficient (Wildman–Crippen LogP) is 2.65. The Hall–Kier alpha value is -1.12. The van der Waals surface area contributed by atoms with E-state index in [0.717, 1.165) is 24.8 Å². The van der Waals surface area contributed by atoms with Crippen LogP contribution in [0, 0.1) is 16.7 Å². The Labute approximate surface area is 108 Å². The summed E-state index contributed by atoms with van der Waals surface area (Å²) in [6, 6.07) is 0. The molecule has 0 N–H and O–H groups in total. The topological polar surface area (TPSA) is 43.4 Å². The molecule has 3 aliphatic rings. The van der Waals surface area contributed by atoms with Gasteiger partial charge >= 0.3 is 5.97 Å². The van der Waals surface area contributed by atoms with Crippen molar-refractivity contribution in [3.63, 3.8) is 0 Å². The van der Waals surface area contributed by atoms with Crippen LogP contribution in [0.3, 0.4) is 0 Å². The number of esters is 1. The van der Waals surface area contributed by atoms with Crippen LogP contribution in [0.25, 0.3) is 0 Å². The standard InChI is InChI=1S/C15H20O3/c1-14(2)5-4-6-15(3)10-8-18-13(17)9(10)7-11(16)12(14)15/h12H,4-8H2,1-3H3/t12-,15-/m1/s1. The van der Waals surface area contributed by atoms with Gasteiger partial charge in [-0.15, -0.1) is 0 Å². The molecule has 0 amide bonds. The van der Waals surface area contributed by atoms with Crippen molar-refractivity contribution in [2.75, 3.05) is 6.61 Å². The van der Waals surface area contributed by atoms with Gasteiger partial charge in [-0.2, -0.15) is 0 Å². The fourth-order valence-corrected chi connectivity index (χ4v) is 4.58. The molecule has 0 unspecified atom stereocenters. The summed E-state index contributed by atoms with van der Waals surface area (Å²) in [6.07, 6.45) is 3.51. The van der Waals surface area contributed by atoms with Gasteiger partial charge in [0.25, 0.3) is 0 Å². The van der Waals surface area contributed by atoms with Crippen LogP contribution in [-0.4, -0.2) is 18.4 Å². The van der Waals surface area contributed by atoms with Crippen molar-refractivity contribution in [3.8, 4) is 0 Å². The Bertz CT molecular complexity index is 472. The summed E-state index contributed by atoms with van der Waals surface area (Å²) in [5, 5.41) is 0. The third-order valence-electron chi connectivity index (χ3n) is 5.26. The molecule has 3 nitrogen and oxygen atoms in total. The minimum atomic E-state index is -0.263. The first-order valence-corrected chi connectivity index (χ1v) is 6.78. The second kappa shape index (κ2) is 3.46. The maximum Gasteiger partial charge on any atom is 0.334 e. The minimum Gasteiger partial charge on any atom is -0.458 e. The average molecular weight is 248 g/mol. The summed E-state index contributed by atoms with van der Waals surface area (Å²) >= 11 is 0. The number of ether oxygens (including phenoxy) is 1. The van der Waals surface area contributed by atoms with Crippen molar-refractivity contribution in [2.45, 2.75) is 46.5 Å². The molecule has 0 aromatic rings. The zero-order valence-corrected chi connectivity index (χ0v) is 11.3. The maximum absolute atomic E-state index is 12.5. The maximum atomic E-state index is 12.5. The third-order valence-corrected chi connectivity index (χ3v) is 5.26. The van der Waals surface area contributed by atoms with Gasteiger partial charge in [0.1, 0.15) is 12.4 Å². The van der Waals surface area contributed by atoms with Gasteiger partial charge in [0.05, 0.1) is 0 Å². The van der Waals surface area contributed by atoms with Crippen molar-refractivity contribution >= 4 is 11.8 Å². The highest BCUT2D eigenvalue weighted by atomic mass is 16.5. The molecule has 3 heteroatoms. The molecule has 0 saturated heterocycles. The smallest absolute Gasteiger partial charge is 0.334 e. The monoisotopic (exact) mass is 248 g/mol. The molecule has 1 heterocycles. The lowest BCUT2D eigenvalue weighted by Gasteiger charge is -2.52. The Morgan fingerprint density at radius 1 is 1.17 bits per heavy atom. The van der Waals surface area contributed by atoms with E-state index in [2.05, 4.69) is 20.8 Å². The van der Waals surface area contributed by atoms with Crippen molar-refractivity contribution in [1.29, 1.82) is 0 Å². The number of fused-ring (bicyclic) bond motifs is 2. The highest BCUT2D eigenvalue weighted by molar-refractivity contribution is 6.01. The van der Waals surface area contributed by atoms with Crippen molar-refractivity contribution in [1.82, 2.24) is 0 Å². The van der Waals surface area contributed by atoms with E-state index in [1.54, 1.807) is 0 Å². The third kappa shape index (κ3) is 1.36. The quantitative estimate of drug-likeness (QED) is 0.619. The van der Waals surface area contributed by atoms with E-state index in [4.69, 9.17) is 4.74 Å². The van der Waals surface area contributed by atoms with Gasteiger partial charge in [0.2, 0.25) is 0 Å². The van der Waals surface area contributed by atoms with Gasteiger partial charge in [-0.05, 0) is 23.8 Å². The first-order valence-electron chi connectivity index (χ1n) is 6.78. The van der Waals surface area contributed by atoms with Gasteiger partial charge in [-0.3, -0.25) is 4.79 Å². The van der Waals surface area contributed by atoms with Gasteiger partial charge in [-0.25, -0.2) is 4.79 Å². The Balaban J connectivity index is 2.14. The van der Waals surface area contributed by atoms with Crippen molar-refractivity contribution in [2.24, 2.45) is 16.7 Å². The molecule has 1 saturated carbocycles. The van der Waals surface area contributed by atoms with Crippen LogP contribution in [0.4, 0.5) is 0 Å². The number of Topliss-reactive ketones (excluding diaryl/α,β-unsaturated/α-hetero) is 1. The predicted molar refractivity (Wildman–Crippen MR) is 66.8 cm³/mol. The van der Waals surface area contributed by atoms with Gasteiger partial charge in [0.15, 0.2) is 0 Å². The molecular weight excluding hydrogens is 228 g/mol. The highest BCUT2D eigenvalue weighted by Crippen LogP contribution is 2.59. The first kappa shape index (κ1) is 11.9. The number of hydrogen-bond acceptors (Lipinski definition) is 3. The molecule has 2 atom stereocenters. The van der Waals surface area contributed by atoms with E-state index in [9.17, 15) is 9.59 Å². The molecule has 98 valence electrons. The molecule has 18 heavy (non-hydrogen) atoms. The average Bonchev–Trinajstić information content (AvgIpc) is 2.59. The van der Waals surface area contributed by atoms with Gasteiger partial charge in [0, 0.05) is 23.3 Å². The molecule has 0 bridgehead atoms. The second-order valence-corrected chi connectivity index (χ2v) is 6.87. The summed E-state index contributed by atoms with van der Waals surface area (Å²) in [5.74, 6) is 0.0215. The van der Waals surface area contributed by atoms with E-state index in [0.29, 0.717) is 12.2 Å². The van der Waals surface area contributed by atoms with Crippen LogP contribution in [0.5, 0.6) is 0 Å². The van der Waals surface area contributed by atoms with Crippen LogP contribution in [-0.2, 0) is 14.3 Å². The second-order valence-electron chi connectivity index (χ2n) is 6.87. The number of rotatable bonds is 0. The summed E-state index contributed by atoms with van der Waals surface area (Å²) in [7, 11) is 0. The molecule has 0 aromatic carbocycles. The van der Waals surface area contributed by atoms with Gasteiger partial charge in [-0.1, -0.05) is 27.2 Å². The van der Waals surface area contributed by atoms with Crippen molar-refractivity contribution < 1.29 is 14.3 Å². The summed E-state index contributed by atoms with van der Waals surface area (Å²) in [4.78, 5) is 24.2. The van der Waals surface area contributed by atoms with Crippen LogP contribution < -0.4 is 0 Å². The lowest BCUT2D eigenvalue weighted by molar-refractivity contribution is -0.138. The number of carbonyl (C=O) groups excluding carboxylic acids is 2. The van der Waals surface area contributed by atoms with Crippen LogP contribution in [0.2, 0.25) is 0 Å². The minimum absolute atomic E-state index is 0.0360. The largest absolute Gasteiger partial charge is 0.458 e. The summed E-state index contributed by atoms with van der Waals surface area (Å²) in [6.45, 7) is 6.95. The molecule has 0 radical (unpaired) electrons. The van der Waals surface area contributed by atoms with Gasteiger partial charge < -0.3 is 4.74 Å². The van der Waals surface area contributed by atoms with Crippen LogP contribution in [0.1, 0.15) is 46.5 Å². The lowest BCUT2D eigenvalue weighted by atomic mass is 9.50. The zero-order valence-electron chi connectivity index (χ0n) is 11.3. The van der Waals surface area contributed by atoms with E-state index in [1.807, 2.05) is 0 Å².